The minimum absolute atomic E-state index is 1.38. The van der Waals surface area contributed by atoms with Crippen LogP contribution in [0.15, 0.2) is 6.08 Å². The number of allylic oxidation sites excluding steroid dienone is 1. The van der Waals surface area contributed by atoms with Crippen LogP contribution >= 0.6 is 11.3 Å². The molecular formula is C12H16S. The molecule has 0 nitrogen and oxygen atoms in total. The van der Waals surface area contributed by atoms with Gasteiger partial charge in [0.1, 0.15) is 0 Å². The molecule has 1 heterocycles. The maximum Gasteiger partial charge on any atom is 0.0305 e. The van der Waals surface area contributed by atoms with Gasteiger partial charge in [-0.1, -0.05) is 24.3 Å². The summed E-state index contributed by atoms with van der Waals surface area (Å²) in [6, 6.07) is 0. The van der Waals surface area contributed by atoms with E-state index < -0.39 is 0 Å². The van der Waals surface area contributed by atoms with Crippen molar-refractivity contribution in [2.24, 2.45) is 0 Å². The van der Waals surface area contributed by atoms with Crippen LogP contribution in [-0.2, 0) is 0 Å². The van der Waals surface area contributed by atoms with Crippen molar-refractivity contribution in [3.8, 4) is 0 Å². The molecule has 1 rings (SSSR count). The van der Waals surface area contributed by atoms with Crippen LogP contribution in [0, 0.1) is 6.92 Å². The minimum atomic E-state index is 1.38. The number of aryl methyl sites for hydroxylation is 1. The number of thiophene rings is 1. The van der Waals surface area contributed by atoms with Gasteiger partial charge in [-0.25, -0.2) is 0 Å². The lowest BCUT2D eigenvalue weighted by molar-refractivity contribution is 1.52. The van der Waals surface area contributed by atoms with Gasteiger partial charge in [-0.2, -0.15) is 0 Å². The van der Waals surface area contributed by atoms with Crippen molar-refractivity contribution in [2.45, 2.75) is 27.7 Å². The van der Waals surface area contributed by atoms with Crippen LogP contribution in [0.3, 0.4) is 0 Å². The van der Waals surface area contributed by atoms with E-state index in [9.17, 15) is 0 Å². The zero-order chi connectivity index (χ0) is 9.84. The average Bonchev–Trinajstić information content (AvgIpc) is 2.44. The van der Waals surface area contributed by atoms with Crippen LogP contribution in [0.5, 0.6) is 0 Å². The molecule has 0 saturated carbocycles. The summed E-state index contributed by atoms with van der Waals surface area (Å²) in [5.41, 5.74) is 1.38. The molecule has 0 spiro atoms. The third-order valence-corrected chi connectivity index (χ3v) is 3.28. The van der Waals surface area contributed by atoms with Crippen LogP contribution in [0.25, 0.3) is 18.2 Å². The van der Waals surface area contributed by atoms with Crippen molar-refractivity contribution >= 4 is 29.6 Å². The van der Waals surface area contributed by atoms with Crippen LogP contribution < -0.4 is 9.75 Å². The van der Waals surface area contributed by atoms with Crippen molar-refractivity contribution < 1.29 is 0 Å². The molecule has 0 atom stereocenters. The molecule has 1 aromatic heterocycles. The third-order valence-electron chi connectivity index (χ3n) is 2.08. The Morgan fingerprint density at radius 2 is 1.77 bits per heavy atom. The van der Waals surface area contributed by atoms with Crippen molar-refractivity contribution in [3.63, 3.8) is 0 Å². The molecule has 0 aliphatic carbocycles. The summed E-state index contributed by atoms with van der Waals surface area (Å²) in [4.78, 5) is 1.40. The van der Waals surface area contributed by atoms with Crippen molar-refractivity contribution in [3.05, 3.63) is 26.3 Å². The normalized spacial score (nSPS) is 14.8. The smallest absolute Gasteiger partial charge is 0.0305 e. The van der Waals surface area contributed by atoms with E-state index in [4.69, 9.17) is 0 Å². The quantitative estimate of drug-likeness (QED) is 0.642. The summed E-state index contributed by atoms with van der Waals surface area (Å²) >= 11 is 1.87. The van der Waals surface area contributed by atoms with E-state index in [1.165, 1.54) is 20.2 Å². The molecule has 0 radical (unpaired) electrons. The molecule has 0 unspecified atom stereocenters. The summed E-state index contributed by atoms with van der Waals surface area (Å²) in [6.45, 7) is 8.44. The van der Waals surface area contributed by atoms with E-state index in [2.05, 4.69) is 52.0 Å². The number of rotatable bonds is 1. The molecule has 0 aliphatic rings. The first kappa shape index (κ1) is 10.3. The molecule has 1 aromatic rings. The predicted octanol–water partition coefficient (Wildman–Crippen LogP) is 2.69. The first-order valence-electron chi connectivity index (χ1n) is 4.59. The molecule has 0 N–H and O–H groups in total. The highest BCUT2D eigenvalue weighted by Gasteiger charge is 2.00. The first-order valence-corrected chi connectivity index (χ1v) is 5.41. The molecule has 70 valence electrons. The SMILES string of the molecule is C/C=C\c1c(C)sc(=C/C)/c1=C\C. The average molecular weight is 192 g/mol. The standard InChI is InChI=1S/C12H16S/c1-5-8-11-9(4)13-12(7-3)10(11)6-2/h5-8H,1-4H3/b8-5-,10-6-,12-7+. The van der Waals surface area contributed by atoms with Gasteiger partial charge >= 0.3 is 0 Å². The van der Waals surface area contributed by atoms with Gasteiger partial charge < -0.3 is 0 Å². The summed E-state index contributed by atoms with van der Waals surface area (Å²) in [5, 5.41) is 1.38. The third kappa shape index (κ3) is 1.92. The van der Waals surface area contributed by atoms with Gasteiger partial charge in [0.15, 0.2) is 0 Å². The van der Waals surface area contributed by atoms with Crippen molar-refractivity contribution in [1.82, 2.24) is 0 Å². The Bertz CT molecular complexity index is 419. The fourth-order valence-corrected chi connectivity index (χ4v) is 2.56. The molecule has 0 bridgehead atoms. The maximum atomic E-state index is 2.19. The molecule has 0 aromatic carbocycles. The topological polar surface area (TPSA) is 0 Å². The molecule has 0 aliphatic heterocycles. The fraction of sp³-hybridized carbons (Fsp3) is 0.333. The first-order chi connectivity index (χ1) is 6.24. The second-order valence-corrected chi connectivity index (χ2v) is 4.18. The molecular weight excluding hydrogens is 176 g/mol. The molecule has 0 amide bonds. The van der Waals surface area contributed by atoms with Gasteiger partial charge in [0.2, 0.25) is 0 Å². The van der Waals surface area contributed by atoms with E-state index in [1.807, 2.05) is 11.3 Å². The molecule has 0 fully saturated rings. The zero-order valence-corrected chi connectivity index (χ0v) is 9.53. The lowest BCUT2D eigenvalue weighted by Crippen LogP contribution is -2.19. The second kappa shape index (κ2) is 4.43. The highest BCUT2D eigenvalue weighted by molar-refractivity contribution is 7.10. The van der Waals surface area contributed by atoms with E-state index in [1.54, 1.807) is 0 Å². The summed E-state index contributed by atoms with van der Waals surface area (Å²) in [5.74, 6) is 0. The fourth-order valence-electron chi connectivity index (χ4n) is 1.48. The molecule has 1 heteroatoms. The number of hydrogen-bond acceptors (Lipinski definition) is 1. The van der Waals surface area contributed by atoms with E-state index >= 15 is 0 Å². The van der Waals surface area contributed by atoms with Crippen molar-refractivity contribution in [1.29, 1.82) is 0 Å². The Balaban J connectivity index is 3.61. The summed E-state index contributed by atoms with van der Waals surface area (Å²) < 4.78 is 1.38. The van der Waals surface area contributed by atoms with Crippen LogP contribution in [0.1, 0.15) is 31.2 Å². The van der Waals surface area contributed by atoms with Crippen LogP contribution in [0.4, 0.5) is 0 Å². The van der Waals surface area contributed by atoms with Gasteiger partial charge in [-0.15, -0.1) is 11.3 Å². The highest BCUT2D eigenvalue weighted by Crippen LogP contribution is 2.07. The molecule has 0 saturated heterocycles. The Kier molecular flexibility index (Phi) is 3.49. The lowest BCUT2D eigenvalue weighted by Gasteiger charge is -1.88. The second-order valence-electron chi connectivity index (χ2n) is 2.93. The Labute approximate surface area is 83.9 Å². The summed E-state index contributed by atoms with van der Waals surface area (Å²) in [6.07, 6.45) is 8.66. The lowest BCUT2D eigenvalue weighted by atomic mass is 10.2. The van der Waals surface area contributed by atoms with Gasteiger partial charge in [0, 0.05) is 9.41 Å². The van der Waals surface area contributed by atoms with E-state index in [-0.39, 0.29) is 0 Å². The number of hydrogen-bond donors (Lipinski definition) is 0. The minimum Gasteiger partial charge on any atom is -0.140 e. The highest BCUT2D eigenvalue weighted by atomic mass is 32.1. The van der Waals surface area contributed by atoms with Crippen LogP contribution in [0.2, 0.25) is 0 Å². The van der Waals surface area contributed by atoms with Crippen molar-refractivity contribution in [2.75, 3.05) is 0 Å². The van der Waals surface area contributed by atoms with Gasteiger partial charge in [0.25, 0.3) is 0 Å². The summed E-state index contributed by atoms with van der Waals surface area (Å²) in [7, 11) is 0. The van der Waals surface area contributed by atoms with Crippen LogP contribution in [-0.4, -0.2) is 0 Å². The van der Waals surface area contributed by atoms with Gasteiger partial charge in [-0.05, 0) is 38.5 Å². The van der Waals surface area contributed by atoms with E-state index in [0.717, 1.165) is 0 Å². The van der Waals surface area contributed by atoms with Gasteiger partial charge in [0.05, 0.1) is 0 Å². The van der Waals surface area contributed by atoms with E-state index in [0.29, 0.717) is 0 Å². The zero-order valence-electron chi connectivity index (χ0n) is 8.72. The Morgan fingerprint density at radius 3 is 2.23 bits per heavy atom. The molecule has 13 heavy (non-hydrogen) atoms. The Morgan fingerprint density at radius 1 is 1.08 bits per heavy atom. The monoisotopic (exact) mass is 192 g/mol. The Hall–Kier alpha value is -0.820. The van der Waals surface area contributed by atoms with Gasteiger partial charge in [-0.3, -0.25) is 0 Å². The largest absolute Gasteiger partial charge is 0.140 e. The predicted molar refractivity (Wildman–Crippen MR) is 63.3 cm³/mol. The maximum absolute atomic E-state index is 2.19.